The lowest BCUT2D eigenvalue weighted by molar-refractivity contribution is 0.0941. The quantitative estimate of drug-likeness (QED) is 0.501. The predicted molar refractivity (Wildman–Crippen MR) is 120 cm³/mol. The normalized spacial score (nSPS) is 12.1. The topological polar surface area (TPSA) is 59.8 Å². The monoisotopic (exact) mass is 398 g/mol. The van der Waals surface area contributed by atoms with Gasteiger partial charge in [-0.2, -0.15) is 5.10 Å². The molecule has 30 heavy (non-hydrogen) atoms. The average Bonchev–Trinajstić information content (AvgIpc) is 3.14. The third-order valence-electron chi connectivity index (χ3n) is 5.50. The van der Waals surface area contributed by atoms with Crippen molar-refractivity contribution in [3.8, 4) is 11.3 Å². The number of aryl methyl sites for hydroxylation is 3. The van der Waals surface area contributed by atoms with Crippen LogP contribution in [0.15, 0.2) is 60.8 Å². The molecule has 0 saturated heterocycles. The number of pyridine rings is 1. The molecule has 0 radical (unpaired) electrons. The van der Waals surface area contributed by atoms with Gasteiger partial charge in [0.1, 0.15) is 0 Å². The molecule has 0 bridgehead atoms. The van der Waals surface area contributed by atoms with E-state index in [2.05, 4.69) is 30.3 Å². The minimum Gasteiger partial charge on any atom is -0.345 e. The highest BCUT2D eigenvalue weighted by Gasteiger charge is 2.19. The zero-order valence-corrected chi connectivity index (χ0v) is 17.8. The predicted octanol–water partition coefficient (Wildman–Crippen LogP) is 5.23. The summed E-state index contributed by atoms with van der Waals surface area (Å²) in [4.78, 5) is 18.2. The fourth-order valence-electron chi connectivity index (χ4n) is 3.83. The molecule has 0 fully saturated rings. The van der Waals surface area contributed by atoms with E-state index in [4.69, 9.17) is 4.98 Å². The first kappa shape index (κ1) is 19.8. The molecule has 0 unspecified atom stereocenters. The molecule has 4 aromatic rings. The average molecular weight is 399 g/mol. The Balaban J connectivity index is 1.74. The molecule has 1 atom stereocenters. The lowest BCUT2D eigenvalue weighted by Crippen LogP contribution is -2.27. The van der Waals surface area contributed by atoms with E-state index < -0.39 is 0 Å². The third-order valence-corrected chi connectivity index (χ3v) is 5.50. The van der Waals surface area contributed by atoms with E-state index in [-0.39, 0.29) is 11.9 Å². The summed E-state index contributed by atoms with van der Waals surface area (Å²) in [5.74, 6) is -0.111. The Kier molecular flexibility index (Phi) is 5.36. The summed E-state index contributed by atoms with van der Waals surface area (Å²) in [7, 11) is 0. The Hall–Kier alpha value is -3.47. The number of nitrogens with one attached hydrogen (secondary N) is 1. The lowest BCUT2D eigenvalue weighted by atomic mass is 10.0. The van der Waals surface area contributed by atoms with Crippen molar-refractivity contribution in [2.24, 2.45) is 0 Å². The van der Waals surface area contributed by atoms with Crippen molar-refractivity contribution >= 4 is 16.8 Å². The van der Waals surface area contributed by atoms with Crippen LogP contribution in [0.1, 0.15) is 47.1 Å². The molecule has 0 aliphatic carbocycles. The highest BCUT2D eigenvalue weighted by atomic mass is 16.1. The molecular formula is C25H26N4O. The number of nitrogens with zero attached hydrogens (tertiary/aromatic N) is 3. The van der Waals surface area contributed by atoms with Crippen LogP contribution in [0.3, 0.4) is 0 Å². The van der Waals surface area contributed by atoms with Crippen LogP contribution in [0.4, 0.5) is 0 Å². The van der Waals surface area contributed by atoms with Gasteiger partial charge in [0.25, 0.3) is 5.91 Å². The number of fused-ring (bicyclic) bond motifs is 1. The summed E-state index contributed by atoms with van der Waals surface area (Å²) in [5, 5.41) is 8.50. The van der Waals surface area contributed by atoms with E-state index in [1.807, 2.05) is 73.3 Å². The number of rotatable bonds is 5. The van der Waals surface area contributed by atoms with Crippen LogP contribution >= 0.6 is 0 Å². The minimum absolute atomic E-state index is 0.111. The molecule has 0 aliphatic rings. The van der Waals surface area contributed by atoms with Gasteiger partial charge in [-0.1, -0.05) is 42.5 Å². The molecule has 5 heteroatoms. The van der Waals surface area contributed by atoms with Gasteiger partial charge in [-0.25, -0.2) is 4.98 Å². The molecule has 2 aromatic carbocycles. The van der Waals surface area contributed by atoms with E-state index >= 15 is 0 Å². The van der Waals surface area contributed by atoms with E-state index in [1.165, 1.54) is 0 Å². The summed E-state index contributed by atoms with van der Waals surface area (Å²) in [6.45, 7) is 8.88. The third kappa shape index (κ3) is 3.71. The van der Waals surface area contributed by atoms with Crippen LogP contribution in [0, 0.1) is 13.8 Å². The van der Waals surface area contributed by atoms with E-state index in [0.717, 1.165) is 45.5 Å². The largest absolute Gasteiger partial charge is 0.345 e. The molecule has 4 rings (SSSR count). The van der Waals surface area contributed by atoms with Crippen molar-refractivity contribution in [2.75, 3.05) is 0 Å². The van der Waals surface area contributed by atoms with Crippen molar-refractivity contribution in [2.45, 2.75) is 40.3 Å². The summed E-state index contributed by atoms with van der Waals surface area (Å²) < 4.78 is 1.89. The second-order valence-electron chi connectivity index (χ2n) is 7.61. The minimum atomic E-state index is -0.147. The van der Waals surface area contributed by atoms with Gasteiger partial charge in [0.2, 0.25) is 0 Å². The SMILES string of the molecule is CCn1cc([C@@H](C)NC(=O)c2cc(-c3ccccc3C)nc3ccccc23)c(C)n1. The Morgan fingerprint density at radius 3 is 2.57 bits per heavy atom. The fraction of sp³-hybridized carbons (Fsp3) is 0.240. The smallest absolute Gasteiger partial charge is 0.252 e. The van der Waals surface area contributed by atoms with Gasteiger partial charge in [0.05, 0.1) is 28.5 Å². The maximum atomic E-state index is 13.3. The Bertz CT molecular complexity index is 1230. The summed E-state index contributed by atoms with van der Waals surface area (Å²) in [6.07, 6.45) is 2.00. The van der Waals surface area contributed by atoms with Crippen LogP contribution in [-0.4, -0.2) is 20.7 Å². The molecule has 1 amide bonds. The number of para-hydroxylation sites is 1. The number of benzene rings is 2. The van der Waals surface area contributed by atoms with Gasteiger partial charge < -0.3 is 5.32 Å². The van der Waals surface area contributed by atoms with Gasteiger partial charge in [0.15, 0.2) is 0 Å². The van der Waals surface area contributed by atoms with Gasteiger partial charge >= 0.3 is 0 Å². The van der Waals surface area contributed by atoms with Crippen molar-refractivity contribution in [1.82, 2.24) is 20.1 Å². The number of carbonyl (C=O) groups is 1. The van der Waals surface area contributed by atoms with Crippen molar-refractivity contribution in [3.63, 3.8) is 0 Å². The molecule has 152 valence electrons. The van der Waals surface area contributed by atoms with Gasteiger partial charge in [-0.3, -0.25) is 9.48 Å². The molecule has 1 N–H and O–H groups in total. The zero-order chi connectivity index (χ0) is 21.3. The van der Waals surface area contributed by atoms with Crippen LogP contribution in [-0.2, 0) is 6.54 Å². The number of hydrogen-bond donors (Lipinski definition) is 1. The second kappa shape index (κ2) is 8.11. The molecule has 2 heterocycles. The van der Waals surface area contributed by atoms with Gasteiger partial charge in [0, 0.05) is 29.3 Å². The molecule has 0 aliphatic heterocycles. The number of carbonyl (C=O) groups excluding carboxylic acids is 1. The first-order valence-electron chi connectivity index (χ1n) is 10.3. The standard InChI is InChI=1S/C25H26N4O/c1-5-29-15-22(18(4)28-29)17(3)26-25(30)21-14-24(19-11-7-6-10-16(19)2)27-23-13-9-8-12-20(21)23/h6-15,17H,5H2,1-4H3,(H,26,30)/t17-/m1/s1. The molecule has 5 nitrogen and oxygen atoms in total. The van der Waals surface area contributed by atoms with Crippen LogP contribution in [0.2, 0.25) is 0 Å². The number of hydrogen-bond acceptors (Lipinski definition) is 3. The van der Waals surface area contributed by atoms with Crippen molar-refractivity contribution in [1.29, 1.82) is 0 Å². The maximum absolute atomic E-state index is 13.3. The molecular weight excluding hydrogens is 372 g/mol. The Labute approximate surface area is 176 Å². The second-order valence-corrected chi connectivity index (χ2v) is 7.61. The molecule has 0 spiro atoms. The zero-order valence-electron chi connectivity index (χ0n) is 17.8. The van der Waals surface area contributed by atoms with E-state index in [1.54, 1.807) is 0 Å². The number of amides is 1. The maximum Gasteiger partial charge on any atom is 0.252 e. The van der Waals surface area contributed by atoms with Crippen LogP contribution in [0.25, 0.3) is 22.2 Å². The first-order chi connectivity index (χ1) is 14.5. The van der Waals surface area contributed by atoms with Crippen molar-refractivity contribution in [3.05, 3.63) is 83.2 Å². The van der Waals surface area contributed by atoms with Crippen LogP contribution < -0.4 is 5.32 Å². The van der Waals surface area contributed by atoms with E-state index in [0.29, 0.717) is 5.56 Å². The van der Waals surface area contributed by atoms with Gasteiger partial charge in [-0.05, 0) is 45.4 Å². The molecule has 0 saturated carbocycles. The molecule has 2 aromatic heterocycles. The highest BCUT2D eigenvalue weighted by Crippen LogP contribution is 2.27. The van der Waals surface area contributed by atoms with Crippen LogP contribution in [0.5, 0.6) is 0 Å². The fourth-order valence-corrected chi connectivity index (χ4v) is 3.83. The Morgan fingerprint density at radius 1 is 1.10 bits per heavy atom. The number of aromatic nitrogens is 3. The van der Waals surface area contributed by atoms with Gasteiger partial charge in [-0.15, -0.1) is 0 Å². The summed E-state index contributed by atoms with van der Waals surface area (Å²) in [5.41, 5.74) is 6.37. The summed E-state index contributed by atoms with van der Waals surface area (Å²) >= 11 is 0. The summed E-state index contributed by atoms with van der Waals surface area (Å²) in [6, 6.07) is 17.6. The lowest BCUT2D eigenvalue weighted by Gasteiger charge is -2.16. The van der Waals surface area contributed by atoms with E-state index in [9.17, 15) is 4.79 Å². The highest BCUT2D eigenvalue weighted by molar-refractivity contribution is 6.07. The first-order valence-corrected chi connectivity index (χ1v) is 10.3. The van der Waals surface area contributed by atoms with Crippen molar-refractivity contribution < 1.29 is 4.79 Å². The Morgan fingerprint density at radius 2 is 1.83 bits per heavy atom.